The molecule has 12 heavy (non-hydrogen) atoms. The van der Waals surface area contributed by atoms with Crippen molar-refractivity contribution >= 4 is 10.1 Å². The van der Waals surface area contributed by atoms with Crippen LogP contribution in [0.5, 0.6) is 0 Å². The van der Waals surface area contributed by atoms with Crippen molar-refractivity contribution in [3.63, 3.8) is 0 Å². The molecule has 0 amide bonds. The summed E-state index contributed by atoms with van der Waals surface area (Å²) in [6.45, 7) is 7.75. The fraction of sp³-hybridized carbons (Fsp3) is 0.750. The number of hydrogen-bond acceptors (Lipinski definition) is 3. The van der Waals surface area contributed by atoms with Gasteiger partial charge in [-0.25, -0.2) is 0 Å². The molecule has 0 bridgehead atoms. The first-order chi connectivity index (χ1) is 5.37. The summed E-state index contributed by atoms with van der Waals surface area (Å²) in [6, 6.07) is 0. The van der Waals surface area contributed by atoms with Crippen molar-refractivity contribution in [1.82, 2.24) is 0 Å². The number of rotatable bonds is 5. The van der Waals surface area contributed by atoms with Gasteiger partial charge in [-0.3, -0.25) is 4.18 Å². The molecule has 0 aliphatic carbocycles. The Morgan fingerprint density at radius 3 is 2.33 bits per heavy atom. The minimum Gasteiger partial charge on any atom is -0.270 e. The molecule has 0 spiro atoms. The van der Waals surface area contributed by atoms with Crippen molar-refractivity contribution in [2.24, 2.45) is 11.8 Å². The minimum absolute atomic E-state index is 0.178. The van der Waals surface area contributed by atoms with Gasteiger partial charge in [0.2, 0.25) is 0 Å². The van der Waals surface area contributed by atoms with Gasteiger partial charge >= 0.3 is 0 Å². The average Bonchev–Trinajstić information content (AvgIpc) is 1.97. The molecule has 2 atom stereocenters. The van der Waals surface area contributed by atoms with E-state index in [9.17, 15) is 8.42 Å². The molecule has 0 N–H and O–H groups in total. The van der Waals surface area contributed by atoms with Crippen molar-refractivity contribution in [1.29, 1.82) is 0 Å². The third kappa shape index (κ3) is 5.32. The van der Waals surface area contributed by atoms with Crippen LogP contribution in [0.3, 0.4) is 0 Å². The van der Waals surface area contributed by atoms with Gasteiger partial charge in [0.25, 0.3) is 10.1 Å². The smallest absolute Gasteiger partial charge is 0.264 e. The third-order valence-corrected chi connectivity index (χ3v) is 2.38. The van der Waals surface area contributed by atoms with Gasteiger partial charge in [0, 0.05) is 0 Å². The van der Waals surface area contributed by atoms with Gasteiger partial charge in [0.15, 0.2) is 0 Å². The van der Waals surface area contributed by atoms with Gasteiger partial charge in [-0.1, -0.05) is 19.9 Å². The first-order valence-corrected chi connectivity index (χ1v) is 5.65. The Labute approximate surface area is 74.6 Å². The molecule has 4 heteroatoms. The van der Waals surface area contributed by atoms with E-state index in [0.29, 0.717) is 0 Å². The summed E-state index contributed by atoms with van der Waals surface area (Å²) in [7, 11) is -3.30. The zero-order valence-electron chi connectivity index (χ0n) is 7.78. The minimum atomic E-state index is -3.30. The lowest BCUT2D eigenvalue weighted by Gasteiger charge is -2.14. The van der Waals surface area contributed by atoms with Crippen LogP contribution in [0.2, 0.25) is 0 Å². The normalized spacial score (nSPS) is 16.9. The molecule has 0 saturated carbocycles. The quantitative estimate of drug-likeness (QED) is 0.489. The summed E-state index contributed by atoms with van der Waals surface area (Å²) in [6.07, 6.45) is 2.84. The van der Waals surface area contributed by atoms with Crippen LogP contribution in [-0.2, 0) is 14.3 Å². The molecule has 0 aromatic rings. The predicted octanol–water partition coefficient (Wildman–Crippen LogP) is 1.42. The van der Waals surface area contributed by atoms with Crippen LogP contribution in [0, 0.1) is 11.8 Å². The summed E-state index contributed by atoms with van der Waals surface area (Å²) in [5.74, 6) is 0.448. The van der Waals surface area contributed by atoms with Gasteiger partial charge in [-0.05, 0) is 11.8 Å². The second-order valence-corrected chi connectivity index (χ2v) is 4.70. The highest BCUT2D eigenvalue weighted by Crippen LogP contribution is 2.12. The van der Waals surface area contributed by atoms with Crippen LogP contribution in [0.4, 0.5) is 0 Å². The van der Waals surface area contributed by atoms with Gasteiger partial charge in [0.05, 0.1) is 12.9 Å². The van der Waals surface area contributed by atoms with Crippen molar-refractivity contribution in [3.05, 3.63) is 12.7 Å². The van der Waals surface area contributed by atoms with Gasteiger partial charge in [-0.15, -0.1) is 6.58 Å². The van der Waals surface area contributed by atoms with Gasteiger partial charge in [0.1, 0.15) is 0 Å². The van der Waals surface area contributed by atoms with E-state index in [1.807, 2.05) is 13.8 Å². The molecule has 0 saturated heterocycles. The lowest BCUT2D eigenvalue weighted by atomic mass is 9.97. The van der Waals surface area contributed by atoms with Crippen molar-refractivity contribution in [2.75, 3.05) is 12.9 Å². The highest BCUT2D eigenvalue weighted by Gasteiger charge is 2.11. The van der Waals surface area contributed by atoms with Crippen LogP contribution >= 0.6 is 0 Å². The Hall–Kier alpha value is -0.350. The van der Waals surface area contributed by atoms with E-state index in [-0.39, 0.29) is 18.4 Å². The molecule has 0 rings (SSSR count). The van der Waals surface area contributed by atoms with Crippen LogP contribution in [0.1, 0.15) is 13.8 Å². The summed E-state index contributed by atoms with van der Waals surface area (Å²) >= 11 is 0. The molecule has 2 unspecified atom stereocenters. The fourth-order valence-corrected chi connectivity index (χ4v) is 1.08. The lowest BCUT2D eigenvalue weighted by molar-refractivity contribution is 0.241. The van der Waals surface area contributed by atoms with E-state index in [0.717, 1.165) is 6.26 Å². The van der Waals surface area contributed by atoms with Crippen molar-refractivity contribution in [3.8, 4) is 0 Å². The maximum absolute atomic E-state index is 10.6. The second-order valence-electron chi connectivity index (χ2n) is 3.06. The molecule has 0 fully saturated rings. The Kier molecular flexibility index (Phi) is 4.49. The van der Waals surface area contributed by atoms with E-state index in [2.05, 4.69) is 10.8 Å². The molecule has 0 radical (unpaired) electrons. The fourth-order valence-electron chi connectivity index (χ4n) is 0.615. The molecule has 0 aromatic heterocycles. The maximum Gasteiger partial charge on any atom is 0.264 e. The highest BCUT2D eigenvalue weighted by molar-refractivity contribution is 7.85. The van der Waals surface area contributed by atoms with Gasteiger partial charge in [-0.2, -0.15) is 8.42 Å². The molecule has 72 valence electrons. The third-order valence-electron chi connectivity index (χ3n) is 1.81. The lowest BCUT2D eigenvalue weighted by Crippen LogP contribution is -2.15. The molecule has 0 aromatic carbocycles. The molecule has 0 aliphatic heterocycles. The second kappa shape index (κ2) is 4.62. The standard InChI is InChI=1S/C8H16O3S/c1-5-7(2)8(3)6-11-12(4,9)10/h5,7-8H,1,6H2,2-4H3. The first-order valence-electron chi connectivity index (χ1n) is 3.83. The zero-order chi connectivity index (χ0) is 9.78. The summed E-state index contributed by atoms with van der Waals surface area (Å²) in [4.78, 5) is 0. The topological polar surface area (TPSA) is 43.4 Å². The summed E-state index contributed by atoms with van der Waals surface area (Å²) in [5.41, 5.74) is 0. The van der Waals surface area contributed by atoms with E-state index in [1.54, 1.807) is 6.08 Å². The molecule has 3 nitrogen and oxygen atoms in total. The Balaban J connectivity index is 3.87. The van der Waals surface area contributed by atoms with E-state index < -0.39 is 10.1 Å². The highest BCUT2D eigenvalue weighted by atomic mass is 32.2. The van der Waals surface area contributed by atoms with Crippen molar-refractivity contribution in [2.45, 2.75) is 13.8 Å². The Morgan fingerprint density at radius 1 is 1.50 bits per heavy atom. The summed E-state index contributed by atoms with van der Waals surface area (Å²) < 4.78 is 25.8. The average molecular weight is 192 g/mol. The Morgan fingerprint density at radius 2 is 2.00 bits per heavy atom. The van der Waals surface area contributed by atoms with Crippen molar-refractivity contribution < 1.29 is 12.6 Å². The SMILES string of the molecule is C=CC(C)C(C)COS(C)(=O)=O. The Bertz CT molecular complexity index is 231. The number of hydrogen-bond donors (Lipinski definition) is 0. The number of allylic oxidation sites excluding steroid dienone is 1. The van der Waals surface area contributed by atoms with Crippen LogP contribution in [0.25, 0.3) is 0 Å². The monoisotopic (exact) mass is 192 g/mol. The van der Waals surface area contributed by atoms with E-state index in [1.165, 1.54) is 0 Å². The maximum atomic E-state index is 10.6. The summed E-state index contributed by atoms with van der Waals surface area (Å²) in [5, 5.41) is 0. The molecular formula is C8H16O3S. The molecule has 0 aliphatic rings. The predicted molar refractivity (Wildman–Crippen MR) is 49.3 cm³/mol. The van der Waals surface area contributed by atoms with Gasteiger partial charge < -0.3 is 0 Å². The molecule has 0 heterocycles. The zero-order valence-corrected chi connectivity index (χ0v) is 8.60. The van der Waals surface area contributed by atoms with Crippen LogP contribution in [-0.4, -0.2) is 21.3 Å². The van der Waals surface area contributed by atoms with E-state index >= 15 is 0 Å². The van der Waals surface area contributed by atoms with Crippen LogP contribution in [0.15, 0.2) is 12.7 Å². The van der Waals surface area contributed by atoms with Crippen LogP contribution < -0.4 is 0 Å². The largest absolute Gasteiger partial charge is 0.270 e. The first kappa shape index (κ1) is 11.6. The molecular weight excluding hydrogens is 176 g/mol. The van der Waals surface area contributed by atoms with E-state index in [4.69, 9.17) is 0 Å².